The Labute approximate surface area is 158 Å². The van der Waals surface area contributed by atoms with Crippen molar-refractivity contribution >= 4 is 28.5 Å². The lowest BCUT2D eigenvalue weighted by Gasteiger charge is -2.12. The number of hydrogen-bond donors (Lipinski definition) is 3. The summed E-state index contributed by atoms with van der Waals surface area (Å²) >= 11 is 6.12. The number of nitrogens with one attached hydrogen (secondary N) is 3. The molecule has 0 fully saturated rings. The molecule has 138 valence electrons. The van der Waals surface area contributed by atoms with Crippen LogP contribution in [0.5, 0.6) is 0 Å². The van der Waals surface area contributed by atoms with Gasteiger partial charge in [-0.15, -0.1) is 0 Å². The summed E-state index contributed by atoms with van der Waals surface area (Å²) in [6.45, 7) is 5.59. The van der Waals surface area contributed by atoms with Crippen LogP contribution in [0.2, 0.25) is 5.02 Å². The molecule has 26 heavy (non-hydrogen) atoms. The minimum Gasteiger partial charge on any atom is -0.361 e. The molecule has 2 heterocycles. The van der Waals surface area contributed by atoms with Gasteiger partial charge in [0, 0.05) is 60.6 Å². The van der Waals surface area contributed by atoms with E-state index in [9.17, 15) is 0 Å². The van der Waals surface area contributed by atoms with Crippen LogP contribution < -0.4 is 10.6 Å². The van der Waals surface area contributed by atoms with Crippen LogP contribution in [0.4, 0.5) is 0 Å². The van der Waals surface area contributed by atoms with Crippen LogP contribution >= 0.6 is 11.6 Å². The van der Waals surface area contributed by atoms with Crippen LogP contribution in [-0.4, -0.2) is 34.3 Å². The van der Waals surface area contributed by atoms with E-state index in [1.54, 1.807) is 7.05 Å². The summed E-state index contributed by atoms with van der Waals surface area (Å²) in [6.07, 6.45) is 2.92. The van der Waals surface area contributed by atoms with Gasteiger partial charge in [-0.3, -0.25) is 9.67 Å². The second-order valence-corrected chi connectivity index (χ2v) is 6.82. The molecule has 0 saturated heterocycles. The first-order chi connectivity index (χ1) is 12.5. The highest BCUT2D eigenvalue weighted by atomic mass is 35.5. The van der Waals surface area contributed by atoms with E-state index in [2.05, 4.69) is 32.6 Å². The van der Waals surface area contributed by atoms with Crippen LogP contribution in [-0.2, 0) is 20.0 Å². The van der Waals surface area contributed by atoms with Gasteiger partial charge in [0.1, 0.15) is 0 Å². The fourth-order valence-corrected chi connectivity index (χ4v) is 3.31. The van der Waals surface area contributed by atoms with Crippen molar-refractivity contribution in [3.63, 3.8) is 0 Å². The summed E-state index contributed by atoms with van der Waals surface area (Å²) in [5, 5.41) is 13.1. The van der Waals surface area contributed by atoms with E-state index in [0.29, 0.717) is 6.54 Å². The number of aromatic nitrogens is 3. The standard InChI is InChI=1S/C19H25ClN6/c1-12-17(13(2)26(4)25-12)11-24-19(21-3)22-8-7-14-10-23-18-6-5-15(20)9-16(14)18/h5-6,9-10,23H,7-8,11H2,1-4H3,(H2,21,22,24). The van der Waals surface area contributed by atoms with E-state index in [1.807, 2.05) is 43.0 Å². The average molecular weight is 373 g/mol. The van der Waals surface area contributed by atoms with Crippen molar-refractivity contribution < 1.29 is 0 Å². The number of hydrogen-bond acceptors (Lipinski definition) is 2. The van der Waals surface area contributed by atoms with Crippen LogP contribution in [0.15, 0.2) is 29.4 Å². The fourth-order valence-electron chi connectivity index (χ4n) is 3.14. The molecular weight excluding hydrogens is 348 g/mol. The smallest absolute Gasteiger partial charge is 0.191 e. The van der Waals surface area contributed by atoms with Gasteiger partial charge in [-0.05, 0) is 44.0 Å². The fraction of sp³-hybridized carbons (Fsp3) is 0.368. The van der Waals surface area contributed by atoms with Gasteiger partial charge in [-0.2, -0.15) is 5.10 Å². The quantitative estimate of drug-likeness (QED) is 0.476. The number of H-pyrrole nitrogens is 1. The van der Waals surface area contributed by atoms with Gasteiger partial charge in [0.2, 0.25) is 0 Å². The summed E-state index contributed by atoms with van der Waals surface area (Å²) in [6, 6.07) is 5.91. The molecule has 2 aromatic heterocycles. The Morgan fingerprint density at radius 2 is 2.12 bits per heavy atom. The molecule has 0 bridgehead atoms. The summed E-state index contributed by atoms with van der Waals surface area (Å²) < 4.78 is 1.91. The Kier molecular flexibility index (Phi) is 5.52. The molecule has 0 amide bonds. The van der Waals surface area contributed by atoms with Gasteiger partial charge < -0.3 is 15.6 Å². The molecule has 7 heteroatoms. The summed E-state index contributed by atoms with van der Waals surface area (Å²) in [5.74, 6) is 0.783. The molecule has 0 spiro atoms. The average Bonchev–Trinajstić information content (AvgIpc) is 3.12. The SMILES string of the molecule is CN=C(NCCc1c[nH]c2ccc(Cl)cc12)NCc1c(C)nn(C)c1C. The van der Waals surface area contributed by atoms with Crippen molar-refractivity contribution in [3.8, 4) is 0 Å². The van der Waals surface area contributed by atoms with Gasteiger partial charge in [0.25, 0.3) is 0 Å². The second kappa shape index (κ2) is 7.83. The predicted molar refractivity (Wildman–Crippen MR) is 108 cm³/mol. The molecule has 6 nitrogen and oxygen atoms in total. The third-order valence-electron chi connectivity index (χ3n) is 4.73. The summed E-state index contributed by atoms with van der Waals surface area (Å²) in [7, 11) is 3.75. The first-order valence-corrected chi connectivity index (χ1v) is 9.06. The zero-order chi connectivity index (χ0) is 18.7. The number of guanidine groups is 1. The second-order valence-electron chi connectivity index (χ2n) is 6.38. The number of rotatable bonds is 5. The lowest BCUT2D eigenvalue weighted by atomic mass is 10.1. The van der Waals surface area contributed by atoms with Gasteiger partial charge >= 0.3 is 0 Å². The maximum absolute atomic E-state index is 6.12. The molecule has 0 atom stereocenters. The maximum Gasteiger partial charge on any atom is 0.191 e. The largest absolute Gasteiger partial charge is 0.361 e. The van der Waals surface area contributed by atoms with E-state index in [-0.39, 0.29) is 0 Å². The number of benzene rings is 1. The molecule has 3 rings (SSSR count). The Hall–Kier alpha value is -2.47. The number of aliphatic imine (C=N–C) groups is 1. The molecule has 0 unspecified atom stereocenters. The summed E-state index contributed by atoms with van der Waals surface area (Å²) in [4.78, 5) is 7.59. The Bertz CT molecular complexity index is 937. The lowest BCUT2D eigenvalue weighted by molar-refractivity contribution is 0.728. The third kappa shape index (κ3) is 3.85. The molecule has 0 aliphatic rings. The Morgan fingerprint density at radius 1 is 1.31 bits per heavy atom. The highest BCUT2D eigenvalue weighted by Gasteiger charge is 2.10. The van der Waals surface area contributed by atoms with Crippen molar-refractivity contribution in [2.75, 3.05) is 13.6 Å². The minimum absolute atomic E-state index is 0.702. The van der Waals surface area contributed by atoms with Crippen molar-refractivity contribution in [3.05, 3.63) is 51.9 Å². The monoisotopic (exact) mass is 372 g/mol. The zero-order valence-corrected chi connectivity index (χ0v) is 16.4. The van der Waals surface area contributed by atoms with Crippen molar-refractivity contribution in [1.82, 2.24) is 25.4 Å². The van der Waals surface area contributed by atoms with Gasteiger partial charge in [-0.1, -0.05) is 11.6 Å². The van der Waals surface area contributed by atoms with Crippen LogP contribution in [0.25, 0.3) is 10.9 Å². The molecule has 0 radical (unpaired) electrons. The number of aromatic amines is 1. The minimum atomic E-state index is 0.702. The normalized spacial score (nSPS) is 12.0. The van der Waals surface area contributed by atoms with E-state index in [0.717, 1.165) is 35.2 Å². The third-order valence-corrected chi connectivity index (χ3v) is 4.97. The van der Waals surface area contributed by atoms with E-state index >= 15 is 0 Å². The maximum atomic E-state index is 6.12. The molecular formula is C19H25ClN6. The zero-order valence-electron chi connectivity index (χ0n) is 15.7. The Balaban J connectivity index is 1.56. The molecule has 0 saturated carbocycles. The Morgan fingerprint density at radius 3 is 2.81 bits per heavy atom. The number of aryl methyl sites for hydroxylation is 2. The van der Waals surface area contributed by atoms with Crippen LogP contribution in [0.3, 0.4) is 0 Å². The van der Waals surface area contributed by atoms with Crippen molar-refractivity contribution in [2.45, 2.75) is 26.8 Å². The highest BCUT2D eigenvalue weighted by Crippen LogP contribution is 2.22. The topological polar surface area (TPSA) is 70.0 Å². The molecule has 1 aromatic carbocycles. The molecule has 0 aliphatic carbocycles. The number of nitrogens with zero attached hydrogens (tertiary/aromatic N) is 3. The number of halogens is 1. The van der Waals surface area contributed by atoms with E-state index in [1.165, 1.54) is 22.2 Å². The molecule has 3 aromatic rings. The highest BCUT2D eigenvalue weighted by molar-refractivity contribution is 6.31. The van der Waals surface area contributed by atoms with Crippen LogP contribution in [0, 0.1) is 13.8 Å². The van der Waals surface area contributed by atoms with Gasteiger partial charge in [0.15, 0.2) is 5.96 Å². The number of fused-ring (bicyclic) bond motifs is 1. The lowest BCUT2D eigenvalue weighted by Crippen LogP contribution is -2.38. The predicted octanol–water partition coefficient (Wildman–Crippen LogP) is 3.08. The van der Waals surface area contributed by atoms with Crippen molar-refractivity contribution in [2.24, 2.45) is 12.0 Å². The van der Waals surface area contributed by atoms with E-state index < -0.39 is 0 Å². The van der Waals surface area contributed by atoms with Crippen molar-refractivity contribution in [1.29, 1.82) is 0 Å². The summed E-state index contributed by atoms with van der Waals surface area (Å²) in [5.41, 5.74) is 5.77. The van der Waals surface area contributed by atoms with Gasteiger partial charge in [-0.25, -0.2) is 0 Å². The van der Waals surface area contributed by atoms with Crippen LogP contribution in [0.1, 0.15) is 22.5 Å². The first-order valence-electron chi connectivity index (χ1n) is 8.68. The molecule has 0 aliphatic heterocycles. The van der Waals surface area contributed by atoms with E-state index in [4.69, 9.17) is 11.6 Å². The van der Waals surface area contributed by atoms with Gasteiger partial charge in [0.05, 0.1) is 5.69 Å². The first kappa shape index (κ1) is 18.3. The molecule has 3 N–H and O–H groups in total.